The number of nitrogen functional groups attached to an aromatic ring is 1. The van der Waals surface area contributed by atoms with Gasteiger partial charge in [-0.05, 0) is 52.4 Å². The summed E-state index contributed by atoms with van der Waals surface area (Å²) in [5.74, 6) is 0.384. The fourth-order valence-corrected chi connectivity index (χ4v) is 4.45. The topological polar surface area (TPSA) is 89.1 Å². The number of halogens is 1. The predicted molar refractivity (Wildman–Crippen MR) is 111 cm³/mol. The number of fused-ring (bicyclic) bond motifs is 2. The second-order valence-corrected chi connectivity index (χ2v) is 7.54. The molecule has 0 saturated carbocycles. The quantitative estimate of drug-likeness (QED) is 0.529. The summed E-state index contributed by atoms with van der Waals surface area (Å²) in [5, 5.41) is 4.47. The molecule has 2 aromatic heterocycles. The van der Waals surface area contributed by atoms with E-state index < -0.39 is 0 Å². The monoisotopic (exact) mass is 392 g/mol. The largest absolute Gasteiger partial charge is 0.368 e. The molecule has 1 aliphatic rings. The first-order valence-corrected chi connectivity index (χ1v) is 9.45. The highest BCUT2D eigenvalue weighted by Gasteiger charge is 2.17. The van der Waals surface area contributed by atoms with Gasteiger partial charge in [0.15, 0.2) is 0 Å². The minimum Gasteiger partial charge on any atom is -0.368 e. The molecule has 27 heavy (non-hydrogen) atoms. The molecular formula is C19H13ClN6S. The van der Waals surface area contributed by atoms with Crippen LogP contribution in [0.15, 0.2) is 47.5 Å². The van der Waals surface area contributed by atoms with Gasteiger partial charge in [0.2, 0.25) is 17.2 Å². The number of nitrogens with zero attached hydrogens (tertiary/aromatic N) is 4. The Morgan fingerprint density at radius 2 is 1.96 bits per heavy atom. The second-order valence-electron chi connectivity index (χ2n) is 6.12. The Morgan fingerprint density at radius 3 is 2.81 bits per heavy atom. The molecule has 0 saturated heterocycles. The third-order valence-corrected chi connectivity index (χ3v) is 5.66. The number of nitrogens with two attached hydrogens (primary N) is 1. The van der Waals surface area contributed by atoms with Crippen LogP contribution in [0.2, 0.25) is 5.28 Å². The number of aromatic nitrogens is 3. The summed E-state index contributed by atoms with van der Waals surface area (Å²) in [6.45, 7) is 0.684. The summed E-state index contributed by atoms with van der Waals surface area (Å²) in [6.07, 6.45) is 1.89. The fraction of sp³-hybridized carbons (Fsp3) is 0.0526. The molecule has 3 heterocycles. The lowest BCUT2D eigenvalue weighted by Crippen LogP contribution is -2.04. The van der Waals surface area contributed by atoms with Gasteiger partial charge in [0.05, 0.1) is 6.54 Å². The summed E-state index contributed by atoms with van der Waals surface area (Å²) in [6, 6.07) is 14.7. The summed E-state index contributed by atoms with van der Waals surface area (Å²) in [4.78, 5) is 17.6. The Bertz CT molecular complexity index is 1160. The van der Waals surface area contributed by atoms with E-state index in [0.29, 0.717) is 12.5 Å². The zero-order chi connectivity index (χ0) is 18.4. The number of anilines is 3. The smallest absolute Gasteiger partial charge is 0.233 e. The lowest BCUT2D eigenvalue weighted by molar-refractivity contribution is 1.07. The van der Waals surface area contributed by atoms with Gasteiger partial charge >= 0.3 is 0 Å². The van der Waals surface area contributed by atoms with Crippen LogP contribution in [0.25, 0.3) is 20.5 Å². The van der Waals surface area contributed by atoms with Gasteiger partial charge in [-0.15, -0.1) is 11.3 Å². The van der Waals surface area contributed by atoms with E-state index in [4.69, 9.17) is 17.3 Å². The van der Waals surface area contributed by atoms with Gasteiger partial charge < -0.3 is 11.1 Å². The van der Waals surface area contributed by atoms with Crippen LogP contribution in [-0.4, -0.2) is 21.2 Å². The van der Waals surface area contributed by atoms with Crippen LogP contribution in [0.1, 0.15) is 11.1 Å². The molecule has 0 aliphatic carbocycles. The van der Waals surface area contributed by atoms with Crippen LogP contribution in [-0.2, 0) is 6.54 Å². The SMILES string of the molecule is Nc1nc(Cl)nc(Nc2cc3c(c(-c4cc5ccccc5s4)c2)CN=C3)n1. The standard InChI is InChI=1S/C19H13ClN6S/c20-17-24-18(21)26-19(25-17)23-12-5-11-8-22-9-14(11)13(7-12)16-6-10-3-1-2-4-15(10)27-16/h1-8H,9H2,(H3,21,23,24,25,26). The van der Waals surface area contributed by atoms with Gasteiger partial charge in [0.25, 0.3) is 0 Å². The molecule has 0 amide bonds. The first kappa shape index (κ1) is 16.2. The number of hydrogen-bond donors (Lipinski definition) is 2. The molecule has 8 heteroatoms. The number of thiophene rings is 1. The molecule has 132 valence electrons. The van der Waals surface area contributed by atoms with E-state index in [1.54, 1.807) is 11.3 Å². The van der Waals surface area contributed by atoms with Crippen molar-refractivity contribution < 1.29 is 0 Å². The molecule has 0 fully saturated rings. The Hall–Kier alpha value is -3.03. The van der Waals surface area contributed by atoms with Crippen LogP contribution in [0, 0.1) is 0 Å². The normalized spacial score (nSPS) is 12.5. The molecule has 0 radical (unpaired) electrons. The zero-order valence-corrected chi connectivity index (χ0v) is 15.6. The van der Waals surface area contributed by atoms with Gasteiger partial charge in [0.1, 0.15) is 0 Å². The molecule has 0 bridgehead atoms. The van der Waals surface area contributed by atoms with Crippen LogP contribution in [0.5, 0.6) is 0 Å². The van der Waals surface area contributed by atoms with Crippen LogP contribution >= 0.6 is 22.9 Å². The van der Waals surface area contributed by atoms with Gasteiger partial charge in [0, 0.05) is 27.0 Å². The number of benzene rings is 2. The maximum absolute atomic E-state index is 5.88. The third kappa shape index (κ3) is 3.01. The molecule has 5 rings (SSSR count). The number of nitrogens with one attached hydrogen (secondary N) is 1. The van der Waals surface area contributed by atoms with Crippen molar-refractivity contribution in [3.8, 4) is 10.4 Å². The third-order valence-electron chi connectivity index (χ3n) is 4.34. The molecule has 3 N–H and O–H groups in total. The zero-order valence-electron chi connectivity index (χ0n) is 14.0. The summed E-state index contributed by atoms with van der Waals surface area (Å²) in [7, 11) is 0. The van der Waals surface area contributed by atoms with Crippen molar-refractivity contribution in [3.05, 3.63) is 58.9 Å². The van der Waals surface area contributed by atoms with Gasteiger partial charge in [-0.3, -0.25) is 4.99 Å². The average Bonchev–Trinajstić information content (AvgIpc) is 3.26. The van der Waals surface area contributed by atoms with Gasteiger partial charge in [-0.2, -0.15) is 15.0 Å². The number of aliphatic imine (C=N–C) groups is 1. The van der Waals surface area contributed by atoms with Crippen LogP contribution in [0.4, 0.5) is 17.6 Å². The highest BCUT2D eigenvalue weighted by atomic mass is 35.5. The van der Waals surface area contributed by atoms with Crippen LogP contribution < -0.4 is 11.1 Å². The first-order chi connectivity index (χ1) is 13.2. The number of hydrogen-bond acceptors (Lipinski definition) is 7. The van der Waals surface area contributed by atoms with E-state index in [1.807, 2.05) is 12.3 Å². The van der Waals surface area contributed by atoms with Crippen molar-refractivity contribution in [2.45, 2.75) is 6.54 Å². The Labute approximate surface area is 163 Å². The fourth-order valence-electron chi connectivity index (χ4n) is 3.18. The maximum Gasteiger partial charge on any atom is 0.233 e. The van der Waals surface area contributed by atoms with Crippen molar-refractivity contribution in [1.29, 1.82) is 0 Å². The molecule has 0 atom stereocenters. The maximum atomic E-state index is 5.88. The van der Waals surface area contributed by atoms with E-state index in [2.05, 4.69) is 61.7 Å². The molecule has 1 aliphatic heterocycles. The first-order valence-electron chi connectivity index (χ1n) is 8.25. The molecular weight excluding hydrogens is 380 g/mol. The van der Waals surface area contributed by atoms with E-state index >= 15 is 0 Å². The molecule has 6 nitrogen and oxygen atoms in total. The molecule has 0 spiro atoms. The summed E-state index contributed by atoms with van der Waals surface area (Å²) in [5.41, 5.74) is 9.97. The summed E-state index contributed by atoms with van der Waals surface area (Å²) >= 11 is 7.65. The van der Waals surface area contributed by atoms with Crippen molar-refractivity contribution in [2.75, 3.05) is 11.1 Å². The Morgan fingerprint density at radius 1 is 1.07 bits per heavy atom. The van der Waals surface area contributed by atoms with Crippen molar-refractivity contribution in [3.63, 3.8) is 0 Å². The summed E-state index contributed by atoms with van der Waals surface area (Å²) < 4.78 is 1.26. The van der Waals surface area contributed by atoms with Crippen LogP contribution in [0.3, 0.4) is 0 Å². The molecule has 2 aromatic carbocycles. The van der Waals surface area contributed by atoms with Gasteiger partial charge in [-0.1, -0.05) is 18.2 Å². The minimum absolute atomic E-state index is 0.0532. The van der Waals surface area contributed by atoms with E-state index in [9.17, 15) is 0 Å². The Balaban J connectivity index is 1.61. The second kappa shape index (κ2) is 6.29. The highest BCUT2D eigenvalue weighted by Crippen LogP contribution is 2.39. The lowest BCUT2D eigenvalue weighted by atomic mass is 10.0. The lowest BCUT2D eigenvalue weighted by Gasteiger charge is -2.11. The predicted octanol–water partition coefficient (Wildman–Crippen LogP) is 4.67. The van der Waals surface area contributed by atoms with Gasteiger partial charge in [-0.25, -0.2) is 0 Å². The molecule has 0 unspecified atom stereocenters. The number of rotatable bonds is 3. The van der Waals surface area contributed by atoms with E-state index in [0.717, 1.165) is 16.8 Å². The highest BCUT2D eigenvalue weighted by molar-refractivity contribution is 7.22. The Kier molecular flexibility index (Phi) is 3.77. The van der Waals surface area contributed by atoms with E-state index in [-0.39, 0.29) is 11.2 Å². The molecule has 4 aromatic rings. The van der Waals surface area contributed by atoms with Crippen molar-refractivity contribution in [1.82, 2.24) is 15.0 Å². The average molecular weight is 393 g/mol. The van der Waals surface area contributed by atoms with Crippen molar-refractivity contribution in [2.24, 2.45) is 4.99 Å². The van der Waals surface area contributed by atoms with Crippen molar-refractivity contribution >= 4 is 56.8 Å². The van der Waals surface area contributed by atoms with E-state index in [1.165, 1.54) is 20.5 Å². The minimum atomic E-state index is 0.0532.